The SMILES string of the molecule is Cc1nn2c(Cl)c3c(nc2c1-c1ccccn1)CCCC3. The average Bonchev–Trinajstić information content (AvgIpc) is 2.85. The molecule has 0 unspecified atom stereocenters. The zero-order valence-electron chi connectivity index (χ0n) is 11.8. The molecule has 0 aromatic carbocycles. The minimum absolute atomic E-state index is 0.708. The summed E-state index contributed by atoms with van der Waals surface area (Å²) in [6, 6.07) is 5.87. The number of fused-ring (bicyclic) bond motifs is 2. The Hall–Kier alpha value is -1.94. The molecule has 0 amide bonds. The lowest BCUT2D eigenvalue weighted by Crippen LogP contribution is -2.10. The molecule has 0 aliphatic heterocycles. The zero-order chi connectivity index (χ0) is 14.4. The Morgan fingerprint density at radius 1 is 1.19 bits per heavy atom. The van der Waals surface area contributed by atoms with Gasteiger partial charge in [-0.05, 0) is 44.7 Å². The van der Waals surface area contributed by atoms with Crippen molar-refractivity contribution in [3.05, 3.63) is 46.5 Å². The fraction of sp³-hybridized carbons (Fsp3) is 0.312. The number of pyridine rings is 1. The van der Waals surface area contributed by atoms with Gasteiger partial charge in [-0.2, -0.15) is 5.10 Å². The molecule has 0 N–H and O–H groups in total. The standard InChI is InChI=1S/C16H15ClN4/c1-10-14(13-8-4-5-9-18-13)16-19-12-7-3-2-6-11(12)15(17)21(16)20-10/h4-5,8-9H,2-3,6-7H2,1H3. The van der Waals surface area contributed by atoms with Gasteiger partial charge in [-0.15, -0.1) is 0 Å². The van der Waals surface area contributed by atoms with E-state index in [2.05, 4.69) is 10.1 Å². The first kappa shape index (κ1) is 12.8. The minimum Gasteiger partial charge on any atom is -0.256 e. The van der Waals surface area contributed by atoms with Crippen LogP contribution in [0.25, 0.3) is 16.9 Å². The van der Waals surface area contributed by atoms with Gasteiger partial charge in [0.15, 0.2) is 5.65 Å². The highest BCUT2D eigenvalue weighted by molar-refractivity contribution is 6.30. The largest absolute Gasteiger partial charge is 0.256 e. The second kappa shape index (κ2) is 4.81. The number of nitrogens with zero attached hydrogens (tertiary/aromatic N) is 4. The van der Waals surface area contributed by atoms with Crippen LogP contribution in [-0.4, -0.2) is 19.6 Å². The summed E-state index contributed by atoms with van der Waals surface area (Å²) >= 11 is 6.57. The van der Waals surface area contributed by atoms with Gasteiger partial charge < -0.3 is 0 Å². The summed E-state index contributed by atoms with van der Waals surface area (Å²) in [5, 5.41) is 5.29. The lowest BCUT2D eigenvalue weighted by Gasteiger charge is -2.16. The van der Waals surface area contributed by atoms with Gasteiger partial charge in [0, 0.05) is 17.5 Å². The predicted octanol–water partition coefficient (Wildman–Crippen LogP) is 3.63. The summed E-state index contributed by atoms with van der Waals surface area (Å²) < 4.78 is 1.77. The molecule has 0 radical (unpaired) electrons. The van der Waals surface area contributed by atoms with Crippen LogP contribution in [0.5, 0.6) is 0 Å². The minimum atomic E-state index is 0.708. The molecule has 106 valence electrons. The van der Waals surface area contributed by atoms with Crippen molar-refractivity contribution in [3.8, 4) is 11.3 Å². The number of rotatable bonds is 1. The Kier molecular flexibility index (Phi) is 2.93. The molecule has 0 saturated heterocycles. The number of aryl methyl sites for hydroxylation is 2. The van der Waals surface area contributed by atoms with Gasteiger partial charge in [-0.1, -0.05) is 17.7 Å². The molecule has 3 aromatic heterocycles. The molecule has 0 bridgehead atoms. The molecule has 0 saturated carbocycles. The number of hydrogen-bond acceptors (Lipinski definition) is 3. The van der Waals surface area contributed by atoms with Crippen molar-refractivity contribution in [2.24, 2.45) is 0 Å². The first-order valence-corrected chi connectivity index (χ1v) is 7.61. The molecule has 4 nitrogen and oxygen atoms in total. The van der Waals surface area contributed by atoms with E-state index in [9.17, 15) is 0 Å². The Balaban J connectivity index is 2.05. The smallest absolute Gasteiger partial charge is 0.166 e. The van der Waals surface area contributed by atoms with Crippen LogP contribution in [0.1, 0.15) is 29.8 Å². The van der Waals surface area contributed by atoms with Crippen LogP contribution in [0.3, 0.4) is 0 Å². The van der Waals surface area contributed by atoms with Gasteiger partial charge in [0.2, 0.25) is 0 Å². The topological polar surface area (TPSA) is 43.1 Å². The van der Waals surface area contributed by atoms with Crippen molar-refractivity contribution < 1.29 is 0 Å². The maximum absolute atomic E-state index is 6.57. The molecule has 0 spiro atoms. The summed E-state index contributed by atoms with van der Waals surface area (Å²) in [6.45, 7) is 1.98. The monoisotopic (exact) mass is 298 g/mol. The first-order valence-electron chi connectivity index (χ1n) is 7.23. The Morgan fingerprint density at radius 3 is 2.86 bits per heavy atom. The Labute approximate surface area is 127 Å². The quantitative estimate of drug-likeness (QED) is 0.644. The van der Waals surface area contributed by atoms with E-state index in [0.717, 1.165) is 46.7 Å². The Bertz CT molecular complexity index is 823. The molecule has 1 aliphatic rings. The molecule has 3 heterocycles. The number of hydrogen-bond donors (Lipinski definition) is 0. The molecule has 0 atom stereocenters. The maximum atomic E-state index is 6.57. The normalized spacial score (nSPS) is 14.4. The predicted molar refractivity (Wildman–Crippen MR) is 82.6 cm³/mol. The van der Waals surface area contributed by atoms with Gasteiger partial charge in [-0.25, -0.2) is 9.50 Å². The summed E-state index contributed by atoms with van der Waals surface area (Å²) in [5.41, 5.74) is 5.87. The van der Waals surface area contributed by atoms with Gasteiger partial charge in [0.05, 0.1) is 17.0 Å². The highest BCUT2D eigenvalue weighted by atomic mass is 35.5. The Morgan fingerprint density at radius 2 is 2.05 bits per heavy atom. The third-order valence-corrected chi connectivity index (χ3v) is 4.46. The second-order valence-electron chi connectivity index (χ2n) is 5.45. The summed E-state index contributed by atoms with van der Waals surface area (Å²) in [6.07, 6.45) is 6.14. The van der Waals surface area contributed by atoms with Gasteiger partial charge >= 0.3 is 0 Å². The zero-order valence-corrected chi connectivity index (χ0v) is 12.6. The third-order valence-electron chi connectivity index (χ3n) is 4.07. The molecule has 3 aromatic rings. The lowest BCUT2D eigenvalue weighted by atomic mass is 9.97. The first-order chi connectivity index (χ1) is 10.3. The maximum Gasteiger partial charge on any atom is 0.166 e. The number of aromatic nitrogens is 4. The molecule has 4 rings (SSSR count). The van der Waals surface area contributed by atoms with Crippen molar-refractivity contribution in [1.82, 2.24) is 19.6 Å². The van der Waals surface area contributed by atoms with E-state index in [0.29, 0.717) is 5.15 Å². The average molecular weight is 299 g/mol. The molecule has 0 fully saturated rings. The molecule has 1 aliphatic carbocycles. The fourth-order valence-electron chi connectivity index (χ4n) is 3.06. The van der Waals surface area contributed by atoms with Crippen LogP contribution in [0.15, 0.2) is 24.4 Å². The van der Waals surface area contributed by atoms with E-state index in [4.69, 9.17) is 16.6 Å². The van der Waals surface area contributed by atoms with Gasteiger partial charge in [-0.3, -0.25) is 4.98 Å². The van der Waals surface area contributed by atoms with Crippen molar-refractivity contribution in [2.45, 2.75) is 32.6 Å². The molecular formula is C16H15ClN4. The molecule has 21 heavy (non-hydrogen) atoms. The summed E-state index contributed by atoms with van der Waals surface area (Å²) in [5.74, 6) is 0. The van der Waals surface area contributed by atoms with Gasteiger partial charge in [0.25, 0.3) is 0 Å². The number of halogens is 1. The second-order valence-corrected chi connectivity index (χ2v) is 5.80. The van der Waals surface area contributed by atoms with Gasteiger partial charge in [0.1, 0.15) is 5.15 Å². The van der Waals surface area contributed by atoms with Crippen LogP contribution < -0.4 is 0 Å². The highest BCUT2D eigenvalue weighted by Crippen LogP contribution is 2.32. The summed E-state index contributed by atoms with van der Waals surface area (Å²) in [4.78, 5) is 9.29. The van der Waals surface area contributed by atoms with Crippen LogP contribution in [0.4, 0.5) is 0 Å². The van der Waals surface area contributed by atoms with Crippen LogP contribution in [-0.2, 0) is 12.8 Å². The van der Waals surface area contributed by atoms with E-state index >= 15 is 0 Å². The molecule has 5 heteroatoms. The van der Waals surface area contributed by atoms with E-state index in [1.165, 1.54) is 12.8 Å². The summed E-state index contributed by atoms with van der Waals surface area (Å²) in [7, 11) is 0. The van der Waals surface area contributed by atoms with Crippen LogP contribution >= 0.6 is 11.6 Å². The van der Waals surface area contributed by atoms with Crippen molar-refractivity contribution in [3.63, 3.8) is 0 Å². The van der Waals surface area contributed by atoms with Crippen molar-refractivity contribution >= 4 is 17.2 Å². The third kappa shape index (κ3) is 1.94. The van der Waals surface area contributed by atoms with E-state index < -0.39 is 0 Å². The lowest BCUT2D eigenvalue weighted by molar-refractivity contribution is 0.660. The van der Waals surface area contributed by atoms with E-state index in [-0.39, 0.29) is 0 Å². The van der Waals surface area contributed by atoms with Crippen LogP contribution in [0.2, 0.25) is 5.15 Å². The van der Waals surface area contributed by atoms with E-state index in [1.54, 1.807) is 10.7 Å². The van der Waals surface area contributed by atoms with Crippen LogP contribution in [0, 0.1) is 6.92 Å². The van der Waals surface area contributed by atoms with E-state index in [1.807, 2.05) is 25.1 Å². The highest BCUT2D eigenvalue weighted by Gasteiger charge is 2.22. The fourth-order valence-corrected chi connectivity index (χ4v) is 3.38. The molecular weight excluding hydrogens is 284 g/mol. The van der Waals surface area contributed by atoms with Crippen molar-refractivity contribution in [2.75, 3.05) is 0 Å². The van der Waals surface area contributed by atoms with Crippen molar-refractivity contribution in [1.29, 1.82) is 0 Å².